The molecule has 1 saturated carbocycles. The molecule has 4 fully saturated rings. The molecule has 10 nitrogen and oxygen atoms in total. The molecule has 2 aromatic heterocycles. The number of halogens is 10. The van der Waals surface area contributed by atoms with Crippen LogP contribution in [0, 0.1) is 24.0 Å². The molecule has 20 heteroatoms. The standard InChI is InChI=1S/C32H31F10N7O3/c1-13-19(31(37,38)39)15(8-16(43)20(13)33)22-21(34)23-18-26(47-28(46-23)51-12-29(10-30(29,35)36)11-48-4-6-50-7-5-48)49-9-14-2-3-17(44-14)24(49)25(32(40,41)42)52-27(18)45-22/h8,14,17,24-25,44H,2-7,9-12,43H2,1H3/t14-,17+,24+,25-,29+/m1/s1. The smallest absolute Gasteiger partial charge is 0.427 e. The number of pyridine rings is 1. The van der Waals surface area contributed by atoms with Gasteiger partial charge in [0.05, 0.1) is 35.9 Å². The molecule has 4 aliphatic heterocycles. The number of piperazine rings is 1. The van der Waals surface area contributed by atoms with Gasteiger partial charge in [-0.1, -0.05) is 0 Å². The molecule has 52 heavy (non-hydrogen) atoms. The first kappa shape index (κ1) is 35.1. The van der Waals surface area contributed by atoms with Crippen LogP contribution < -0.4 is 25.4 Å². The third kappa shape index (κ3) is 5.62. The van der Waals surface area contributed by atoms with E-state index >= 15 is 4.39 Å². The van der Waals surface area contributed by atoms with Crippen LogP contribution in [0.25, 0.3) is 22.2 Å². The van der Waals surface area contributed by atoms with E-state index < -0.39 is 117 Å². The molecule has 0 radical (unpaired) electrons. The second-order valence-corrected chi connectivity index (χ2v) is 14.1. The number of nitrogens with two attached hydrogens (primary N) is 1. The van der Waals surface area contributed by atoms with E-state index in [0.717, 1.165) is 6.92 Å². The van der Waals surface area contributed by atoms with Crippen molar-refractivity contribution in [3.05, 3.63) is 28.8 Å². The molecule has 0 spiro atoms. The van der Waals surface area contributed by atoms with Crippen LogP contribution in [0.4, 0.5) is 55.4 Å². The fourth-order valence-electron chi connectivity index (χ4n) is 8.05. The molecule has 1 aliphatic carbocycles. The van der Waals surface area contributed by atoms with Gasteiger partial charge in [0.2, 0.25) is 12.0 Å². The van der Waals surface area contributed by atoms with Crippen molar-refractivity contribution >= 4 is 22.4 Å². The summed E-state index contributed by atoms with van der Waals surface area (Å²) >= 11 is 0. The van der Waals surface area contributed by atoms with Crippen LogP contribution in [0.5, 0.6) is 11.9 Å². The highest BCUT2D eigenvalue weighted by Crippen LogP contribution is 2.61. The van der Waals surface area contributed by atoms with Crippen LogP contribution in [-0.2, 0) is 10.9 Å². The Bertz CT molecular complexity index is 1940. The Hall–Kier alpha value is -3.91. The first-order valence-corrected chi connectivity index (χ1v) is 16.5. The Morgan fingerprint density at radius 3 is 2.40 bits per heavy atom. The minimum atomic E-state index is -5.30. The molecule has 3 saturated heterocycles. The number of hydrogen-bond acceptors (Lipinski definition) is 10. The monoisotopic (exact) mass is 751 g/mol. The molecule has 8 rings (SSSR count). The van der Waals surface area contributed by atoms with E-state index in [1.165, 1.54) is 4.90 Å². The maximum Gasteiger partial charge on any atom is 0.427 e. The van der Waals surface area contributed by atoms with Gasteiger partial charge in [0.15, 0.2) is 5.82 Å². The van der Waals surface area contributed by atoms with E-state index in [-0.39, 0.29) is 24.9 Å². The van der Waals surface area contributed by atoms with Gasteiger partial charge in [-0.15, -0.1) is 0 Å². The summed E-state index contributed by atoms with van der Waals surface area (Å²) in [6, 6.07) is -2.86. The molecule has 0 unspecified atom stereocenters. The minimum Gasteiger partial charge on any atom is -0.463 e. The number of ether oxygens (including phenoxy) is 3. The number of nitrogens with zero attached hydrogens (tertiary/aromatic N) is 5. The van der Waals surface area contributed by atoms with E-state index in [0.29, 0.717) is 45.2 Å². The van der Waals surface area contributed by atoms with Crippen molar-refractivity contribution in [3.8, 4) is 23.1 Å². The van der Waals surface area contributed by atoms with Gasteiger partial charge in [-0.05, 0) is 31.4 Å². The lowest BCUT2D eigenvalue weighted by molar-refractivity contribution is -0.203. The number of hydrogen-bond donors (Lipinski definition) is 2. The fourth-order valence-corrected chi connectivity index (χ4v) is 8.05. The number of rotatable bonds is 6. The van der Waals surface area contributed by atoms with Crippen molar-refractivity contribution in [2.75, 3.05) is 56.6 Å². The van der Waals surface area contributed by atoms with Gasteiger partial charge < -0.3 is 30.2 Å². The molecule has 3 N–H and O–H groups in total. The molecule has 3 aromatic rings. The van der Waals surface area contributed by atoms with E-state index in [1.807, 2.05) is 0 Å². The number of nitrogen functional groups attached to an aromatic ring is 1. The maximum absolute atomic E-state index is 16.8. The van der Waals surface area contributed by atoms with Crippen LogP contribution in [-0.4, -0.2) is 102 Å². The highest BCUT2D eigenvalue weighted by atomic mass is 19.4. The average molecular weight is 752 g/mol. The third-order valence-corrected chi connectivity index (χ3v) is 10.7. The van der Waals surface area contributed by atoms with Gasteiger partial charge >= 0.3 is 18.4 Å². The zero-order valence-corrected chi connectivity index (χ0v) is 27.3. The largest absolute Gasteiger partial charge is 0.463 e. The van der Waals surface area contributed by atoms with Gasteiger partial charge in [0.1, 0.15) is 34.8 Å². The summed E-state index contributed by atoms with van der Waals surface area (Å²) < 4.78 is 166. The van der Waals surface area contributed by atoms with Crippen LogP contribution in [0.3, 0.4) is 0 Å². The second kappa shape index (κ2) is 11.8. The molecular formula is C32H31F10N7O3. The highest BCUT2D eigenvalue weighted by molar-refractivity contribution is 5.97. The molecule has 5 atom stereocenters. The topological polar surface area (TPSA) is 111 Å². The Kier molecular flexibility index (Phi) is 7.97. The maximum atomic E-state index is 16.8. The lowest BCUT2D eigenvalue weighted by Gasteiger charge is -2.43. The van der Waals surface area contributed by atoms with Crippen molar-refractivity contribution < 1.29 is 58.1 Å². The van der Waals surface area contributed by atoms with Gasteiger partial charge in [0.25, 0.3) is 5.92 Å². The number of nitrogens with one attached hydrogen (secondary N) is 1. The number of benzene rings is 1. The molecule has 1 aromatic carbocycles. The predicted octanol–water partition coefficient (Wildman–Crippen LogP) is 5.25. The molecular weight excluding hydrogens is 720 g/mol. The zero-order valence-electron chi connectivity index (χ0n) is 27.3. The number of fused-ring (bicyclic) bond motifs is 5. The summed E-state index contributed by atoms with van der Waals surface area (Å²) in [6.45, 7) is 1.37. The summed E-state index contributed by atoms with van der Waals surface area (Å²) in [7, 11) is 0. The van der Waals surface area contributed by atoms with Gasteiger partial charge in [0, 0.05) is 50.2 Å². The van der Waals surface area contributed by atoms with Gasteiger partial charge in [-0.2, -0.15) is 36.3 Å². The van der Waals surface area contributed by atoms with E-state index in [1.54, 1.807) is 4.90 Å². The van der Waals surface area contributed by atoms with Crippen molar-refractivity contribution in [1.29, 1.82) is 0 Å². The van der Waals surface area contributed by atoms with Crippen molar-refractivity contribution in [1.82, 2.24) is 25.2 Å². The van der Waals surface area contributed by atoms with E-state index in [2.05, 4.69) is 20.3 Å². The number of alkyl halides is 8. The van der Waals surface area contributed by atoms with Crippen molar-refractivity contribution in [3.63, 3.8) is 0 Å². The first-order chi connectivity index (χ1) is 24.4. The molecule has 282 valence electrons. The Morgan fingerprint density at radius 1 is 1.04 bits per heavy atom. The Morgan fingerprint density at radius 2 is 1.75 bits per heavy atom. The summed E-state index contributed by atoms with van der Waals surface area (Å²) in [6.07, 6.45) is -12.8. The number of morpholine rings is 1. The molecule has 0 amide bonds. The van der Waals surface area contributed by atoms with Crippen LogP contribution in [0.1, 0.15) is 30.4 Å². The second-order valence-electron chi connectivity index (χ2n) is 14.1. The summed E-state index contributed by atoms with van der Waals surface area (Å²) in [5.74, 6) is -7.42. The SMILES string of the molecule is Cc1c(F)c(N)cc(-c2nc3c4c(nc(OC[C@@]5(CN6CCOCC6)CC5(F)F)nc4c2F)N2C[C@H]4CC[C@H](N4)[C@H]2[C@H](C(F)(F)F)O3)c1C(F)(F)F. The zero-order chi connectivity index (χ0) is 37.1. The lowest BCUT2D eigenvalue weighted by atomic mass is 9.96. The average Bonchev–Trinajstić information content (AvgIpc) is 3.45. The van der Waals surface area contributed by atoms with Crippen molar-refractivity contribution in [2.24, 2.45) is 5.41 Å². The van der Waals surface area contributed by atoms with Crippen LogP contribution >= 0.6 is 0 Å². The van der Waals surface area contributed by atoms with E-state index in [9.17, 15) is 39.5 Å². The van der Waals surface area contributed by atoms with Crippen LogP contribution in [0.2, 0.25) is 0 Å². The summed E-state index contributed by atoms with van der Waals surface area (Å²) in [4.78, 5) is 15.3. The molecule has 5 aliphatic rings. The summed E-state index contributed by atoms with van der Waals surface area (Å²) in [5, 5.41) is 2.63. The lowest BCUT2D eigenvalue weighted by Crippen LogP contribution is -2.66. The number of aromatic nitrogens is 3. The van der Waals surface area contributed by atoms with Crippen LogP contribution in [0.15, 0.2) is 6.07 Å². The summed E-state index contributed by atoms with van der Waals surface area (Å²) in [5.41, 5.74) is -2.65. The normalized spacial score (nSPS) is 28.4. The highest BCUT2D eigenvalue weighted by Gasteiger charge is 2.72. The Balaban J connectivity index is 1.32. The fraction of sp³-hybridized carbons (Fsp3) is 0.594. The minimum absolute atomic E-state index is 0.0730. The number of anilines is 2. The first-order valence-electron chi connectivity index (χ1n) is 16.5. The molecule has 6 heterocycles. The molecule has 2 bridgehead atoms. The predicted molar refractivity (Wildman–Crippen MR) is 163 cm³/mol. The third-order valence-electron chi connectivity index (χ3n) is 10.7. The van der Waals surface area contributed by atoms with Gasteiger partial charge in [-0.25, -0.2) is 22.5 Å². The van der Waals surface area contributed by atoms with Gasteiger partial charge in [-0.3, -0.25) is 4.90 Å². The Labute approximate surface area is 288 Å². The van der Waals surface area contributed by atoms with Crippen molar-refractivity contribution in [2.45, 2.75) is 68.7 Å². The quantitative estimate of drug-likeness (QED) is 0.256. The van der Waals surface area contributed by atoms with E-state index in [4.69, 9.17) is 19.9 Å².